The Morgan fingerprint density at radius 3 is 1.71 bits per heavy atom. The van der Waals surface area contributed by atoms with Crippen molar-refractivity contribution < 1.29 is 0 Å². The molecule has 0 aliphatic rings. The summed E-state index contributed by atoms with van der Waals surface area (Å²) in [6, 6.07) is 20.0. The van der Waals surface area contributed by atoms with Crippen molar-refractivity contribution in [1.82, 2.24) is 0 Å². The smallest absolute Gasteiger partial charge is 0.0643 e. The molecule has 0 fully saturated rings. The van der Waals surface area contributed by atoms with Gasteiger partial charge in [0.2, 0.25) is 0 Å². The molecular formula is C19H22SSi. The van der Waals surface area contributed by atoms with E-state index in [0.717, 1.165) is 0 Å². The van der Waals surface area contributed by atoms with E-state index in [2.05, 4.69) is 80.5 Å². The Bertz CT molecular complexity index is 732. The third kappa shape index (κ3) is 2.63. The molecule has 0 heterocycles. The first-order valence-corrected chi connectivity index (χ1v) is 12.3. The molecule has 0 saturated heterocycles. The third-order valence-corrected chi connectivity index (χ3v) is 9.49. The topological polar surface area (TPSA) is 0 Å². The van der Waals surface area contributed by atoms with Gasteiger partial charge in [-0.3, -0.25) is 0 Å². The summed E-state index contributed by atoms with van der Waals surface area (Å²) in [5.41, 5.74) is 1.55. The molecule has 0 amide bonds. The molecule has 108 valence electrons. The Morgan fingerprint density at radius 1 is 0.810 bits per heavy atom. The van der Waals surface area contributed by atoms with Gasteiger partial charge >= 0.3 is 0 Å². The summed E-state index contributed by atoms with van der Waals surface area (Å²) in [7, 11) is -1.30. The van der Waals surface area contributed by atoms with Gasteiger partial charge in [-0.2, -0.15) is 11.8 Å². The number of hydrogen-bond acceptors (Lipinski definition) is 1. The molecule has 3 aromatic carbocycles. The maximum absolute atomic E-state index is 2.48. The molecule has 0 N–H and O–H groups in total. The number of hydrogen-bond donors (Lipinski definition) is 0. The van der Waals surface area contributed by atoms with Gasteiger partial charge in [0.05, 0.1) is 8.07 Å². The number of thioether (sulfide) groups is 1. The standard InChI is InChI=1S/C19H22SSi/c1-20-19(21(2,3)4)18-16-11-7-5-9-14(16)13-15-10-6-8-12-17(15)18/h5-13,19H,1-4H3. The summed E-state index contributed by atoms with van der Waals surface area (Å²) in [6.07, 6.45) is 2.26. The average molecular weight is 311 g/mol. The van der Waals surface area contributed by atoms with Gasteiger partial charge in [-0.25, -0.2) is 0 Å². The molecular weight excluding hydrogens is 288 g/mol. The molecule has 3 rings (SSSR count). The van der Waals surface area contributed by atoms with Gasteiger partial charge in [0, 0.05) is 4.87 Å². The number of benzene rings is 3. The Kier molecular flexibility index (Phi) is 3.85. The van der Waals surface area contributed by atoms with Gasteiger partial charge in [-0.15, -0.1) is 0 Å². The number of rotatable bonds is 3. The van der Waals surface area contributed by atoms with Crippen LogP contribution in [0.5, 0.6) is 0 Å². The molecule has 1 unspecified atom stereocenters. The van der Waals surface area contributed by atoms with E-state index in [1.807, 2.05) is 11.8 Å². The maximum atomic E-state index is 2.48. The molecule has 0 radical (unpaired) electrons. The molecule has 0 nitrogen and oxygen atoms in total. The van der Waals surface area contributed by atoms with Crippen LogP contribution in [0.1, 0.15) is 10.4 Å². The fourth-order valence-corrected chi connectivity index (χ4v) is 7.73. The summed E-state index contributed by atoms with van der Waals surface area (Å²) < 4.78 is 0. The van der Waals surface area contributed by atoms with Crippen LogP contribution in [0.2, 0.25) is 19.6 Å². The lowest BCUT2D eigenvalue weighted by atomic mass is 9.98. The second-order valence-electron chi connectivity index (χ2n) is 6.71. The van der Waals surface area contributed by atoms with Crippen LogP contribution in [0, 0.1) is 0 Å². The highest BCUT2D eigenvalue weighted by Gasteiger charge is 2.30. The first-order valence-electron chi connectivity index (χ1n) is 7.45. The fraction of sp³-hybridized carbons (Fsp3) is 0.263. The van der Waals surface area contributed by atoms with E-state index in [-0.39, 0.29) is 0 Å². The first-order chi connectivity index (χ1) is 10.0. The maximum Gasteiger partial charge on any atom is 0.0643 e. The van der Waals surface area contributed by atoms with Crippen molar-refractivity contribution in [3.8, 4) is 0 Å². The van der Waals surface area contributed by atoms with Crippen molar-refractivity contribution in [1.29, 1.82) is 0 Å². The van der Waals surface area contributed by atoms with Gasteiger partial charge in [0.1, 0.15) is 0 Å². The number of fused-ring (bicyclic) bond motifs is 2. The Morgan fingerprint density at radius 2 is 1.29 bits per heavy atom. The van der Waals surface area contributed by atoms with Gasteiger partial charge in [-0.05, 0) is 39.4 Å². The van der Waals surface area contributed by atoms with Crippen molar-refractivity contribution in [3.63, 3.8) is 0 Å². The Labute approximate surface area is 132 Å². The van der Waals surface area contributed by atoms with E-state index in [1.54, 1.807) is 5.56 Å². The van der Waals surface area contributed by atoms with E-state index in [4.69, 9.17) is 0 Å². The van der Waals surface area contributed by atoms with Crippen LogP contribution in [0.15, 0.2) is 54.6 Å². The van der Waals surface area contributed by atoms with Gasteiger partial charge in [0.25, 0.3) is 0 Å². The summed E-state index contributed by atoms with van der Waals surface area (Å²) >= 11 is 2.02. The molecule has 2 heteroatoms. The van der Waals surface area contributed by atoms with Gasteiger partial charge in [-0.1, -0.05) is 68.2 Å². The SMILES string of the molecule is CSC(c1c2ccccc2cc2ccccc12)[Si](C)(C)C. The Balaban J connectivity index is 2.45. The molecule has 0 saturated carbocycles. The van der Waals surface area contributed by atoms with Crippen LogP contribution >= 0.6 is 11.8 Å². The zero-order valence-corrected chi connectivity index (χ0v) is 15.0. The average Bonchev–Trinajstić information content (AvgIpc) is 2.46. The van der Waals surface area contributed by atoms with Crippen LogP contribution in [-0.2, 0) is 0 Å². The van der Waals surface area contributed by atoms with E-state index in [1.165, 1.54) is 21.5 Å². The van der Waals surface area contributed by atoms with Crippen molar-refractivity contribution in [2.45, 2.75) is 24.5 Å². The van der Waals surface area contributed by atoms with E-state index >= 15 is 0 Å². The summed E-state index contributed by atoms with van der Waals surface area (Å²) in [6.45, 7) is 7.43. The normalized spacial score (nSPS) is 13.7. The molecule has 3 aromatic rings. The lowest BCUT2D eigenvalue weighted by Gasteiger charge is -2.30. The fourth-order valence-electron chi connectivity index (χ4n) is 3.24. The largest absolute Gasteiger partial charge is 0.160 e. The quantitative estimate of drug-likeness (QED) is 0.405. The van der Waals surface area contributed by atoms with E-state index < -0.39 is 8.07 Å². The first kappa shape index (κ1) is 14.7. The van der Waals surface area contributed by atoms with Crippen LogP contribution < -0.4 is 0 Å². The van der Waals surface area contributed by atoms with Crippen LogP contribution in [0.3, 0.4) is 0 Å². The monoisotopic (exact) mass is 310 g/mol. The highest BCUT2D eigenvalue weighted by molar-refractivity contribution is 8.00. The lowest BCUT2D eigenvalue weighted by molar-refractivity contribution is 1.33. The minimum absolute atomic E-state index is 0.619. The minimum Gasteiger partial charge on any atom is -0.160 e. The predicted molar refractivity (Wildman–Crippen MR) is 101 cm³/mol. The lowest BCUT2D eigenvalue weighted by Crippen LogP contribution is -2.29. The third-order valence-electron chi connectivity index (χ3n) is 4.10. The van der Waals surface area contributed by atoms with Crippen molar-refractivity contribution in [2.24, 2.45) is 0 Å². The summed E-state index contributed by atoms with van der Waals surface area (Å²) in [4.78, 5) is 0.619. The molecule has 1 atom stereocenters. The van der Waals surface area contributed by atoms with Crippen molar-refractivity contribution in [2.75, 3.05) is 6.26 Å². The van der Waals surface area contributed by atoms with Crippen molar-refractivity contribution >= 4 is 41.4 Å². The molecule has 0 spiro atoms. The van der Waals surface area contributed by atoms with Crippen LogP contribution in [0.25, 0.3) is 21.5 Å². The highest BCUT2D eigenvalue weighted by atomic mass is 32.2. The Hall–Kier alpha value is -1.25. The van der Waals surface area contributed by atoms with Crippen LogP contribution in [-0.4, -0.2) is 14.3 Å². The molecule has 0 aliphatic carbocycles. The van der Waals surface area contributed by atoms with Crippen LogP contribution in [0.4, 0.5) is 0 Å². The van der Waals surface area contributed by atoms with E-state index in [9.17, 15) is 0 Å². The zero-order valence-electron chi connectivity index (χ0n) is 13.2. The van der Waals surface area contributed by atoms with Crippen molar-refractivity contribution in [3.05, 3.63) is 60.2 Å². The zero-order chi connectivity index (χ0) is 15.0. The summed E-state index contributed by atoms with van der Waals surface area (Å²) in [5, 5.41) is 5.59. The van der Waals surface area contributed by atoms with E-state index in [0.29, 0.717) is 4.87 Å². The second-order valence-corrected chi connectivity index (χ2v) is 13.4. The van der Waals surface area contributed by atoms with Gasteiger partial charge in [0.15, 0.2) is 0 Å². The summed E-state index contributed by atoms with van der Waals surface area (Å²) in [5.74, 6) is 0. The predicted octanol–water partition coefficient (Wildman–Crippen LogP) is 6.27. The van der Waals surface area contributed by atoms with Gasteiger partial charge < -0.3 is 0 Å². The molecule has 0 aliphatic heterocycles. The minimum atomic E-state index is -1.30. The molecule has 0 bridgehead atoms. The molecule has 0 aromatic heterocycles. The molecule has 21 heavy (non-hydrogen) atoms. The second kappa shape index (κ2) is 5.51. The highest BCUT2D eigenvalue weighted by Crippen LogP contribution is 2.43.